The van der Waals surface area contributed by atoms with Crippen LogP contribution in [0.25, 0.3) is 5.57 Å². The van der Waals surface area contributed by atoms with Crippen LogP contribution in [0.4, 0.5) is 4.79 Å². The van der Waals surface area contributed by atoms with E-state index in [-0.39, 0.29) is 6.61 Å². The molecule has 1 amide bonds. The third-order valence-electron chi connectivity index (χ3n) is 2.04. The molecule has 0 bridgehead atoms. The lowest BCUT2D eigenvalue weighted by molar-refractivity contribution is 0.158. The number of carbonyl (C=O) groups excluding carboxylic acids is 1. The van der Waals surface area contributed by atoms with Crippen molar-refractivity contribution in [2.24, 2.45) is 5.73 Å². The van der Waals surface area contributed by atoms with Gasteiger partial charge in [-0.3, -0.25) is 0 Å². The summed E-state index contributed by atoms with van der Waals surface area (Å²) < 4.78 is 4.58. The molecular formula is C12H16N2O2. The second-order valence-corrected chi connectivity index (χ2v) is 3.31. The van der Waals surface area contributed by atoms with Gasteiger partial charge in [0, 0.05) is 13.1 Å². The van der Waals surface area contributed by atoms with Crippen LogP contribution >= 0.6 is 0 Å². The van der Waals surface area contributed by atoms with Crippen LogP contribution in [0.5, 0.6) is 0 Å². The monoisotopic (exact) mass is 220 g/mol. The van der Waals surface area contributed by atoms with Crippen molar-refractivity contribution in [3.63, 3.8) is 0 Å². The SMILES string of the molecule is C=C(CNCCOC(N)=O)c1ccccc1. The predicted molar refractivity (Wildman–Crippen MR) is 63.9 cm³/mol. The average molecular weight is 220 g/mol. The predicted octanol–water partition coefficient (Wildman–Crippen LogP) is 1.38. The van der Waals surface area contributed by atoms with E-state index in [9.17, 15) is 4.79 Å². The quantitative estimate of drug-likeness (QED) is 0.712. The molecule has 3 N–H and O–H groups in total. The first-order chi connectivity index (χ1) is 7.70. The van der Waals surface area contributed by atoms with E-state index in [2.05, 4.69) is 16.6 Å². The Bertz CT molecular complexity index is 349. The molecular weight excluding hydrogens is 204 g/mol. The maximum absolute atomic E-state index is 10.3. The number of ether oxygens (including phenoxy) is 1. The zero-order chi connectivity index (χ0) is 11.8. The van der Waals surface area contributed by atoms with Gasteiger partial charge in [0.15, 0.2) is 0 Å². The van der Waals surface area contributed by atoms with Crippen molar-refractivity contribution in [3.05, 3.63) is 42.5 Å². The normalized spacial score (nSPS) is 9.75. The molecule has 16 heavy (non-hydrogen) atoms. The van der Waals surface area contributed by atoms with Crippen molar-refractivity contribution in [1.29, 1.82) is 0 Å². The van der Waals surface area contributed by atoms with E-state index in [1.807, 2.05) is 30.3 Å². The van der Waals surface area contributed by atoms with E-state index in [1.165, 1.54) is 0 Å². The van der Waals surface area contributed by atoms with E-state index in [1.54, 1.807) is 0 Å². The summed E-state index contributed by atoms with van der Waals surface area (Å²) in [4.78, 5) is 10.3. The minimum Gasteiger partial charge on any atom is -0.448 e. The Morgan fingerprint density at radius 2 is 2.06 bits per heavy atom. The summed E-state index contributed by atoms with van der Waals surface area (Å²) in [6.45, 7) is 5.46. The summed E-state index contributed by atoms with van der Waals surface area (Å²) in [5, 5.41) is 3.11. The Morgan fingerprint density at radius 1 is 1.38 bits per heavy atom. The molecule has 0 fully saturated rings. The highest BCUT2D eigenvalue weighted by Crippen LogP contribution is 2.09. The Balaban J connectivity index is 2.19. The molecule has 0 radical (unpaired) electrons. The van der Waals surface area contributed by atoms with Crippen molar-refractivity contribution in [2.45, 2.75) is 0 Å². The number of hydrogen-bond donors (Lipinski definition) is 2. The van der Waals surface area contributed by atoms with Crippen LogP contribution < -0.4 is 11.1 Å². The molecule has 1 rings (SSSR count). The lowest BCUT2D eigenvalue weighted by atomic mass is 10.1. The number of hydrogen-bond acceptors (Lipinski definition) is 3. The minimum absolute atomic E-state index is 0.275. The molecule has 0 aromatic heterocycles. The number of nitrogens with one attached hydrogen (secondary N) is 1. The highest BCUT2D eigenvalue weighted by Gasteiger charge is 1.97. The van der Waals surface area contributed by atoms with Gasteiger partial charge in [-0.2, -0.15) is 0 Å². The first-order valence-electron chi connectivity index (χ1n) is 5.06. The Labute approximate surface area is 95.1 Å². The van der Waals surface area contributed by atoms with Crippen LogP contribution in [0.1, 0.15) is 5.56 Å². The average Bonchev–Trinajstić information content (AvgIpc) is 2.29. The maximum atomic E-state index is 10.3. The molecule has 4 heteroatoms. The van der Waals surface area contributed by atoms with Crippen LogP contribution in [0.3, 0.4) is 0 Å². The summed E-state index contributed by atoms with van der Waals surface area (Å²) in [5.41, 5.74) is 6.92. The Kier molecular flexibility index (Phi) is 5.08. The van der Waals surface area contributed by atoms with Gasteiger partial charge in [0.25, 0.3) is 0 Å². The van der Waals surface area contributed by atoms with Gasteiger partial charge in [-0.05, 0) is 11.1 Å². The van der Waals surface area contributed by atoms with Gasteiger partial charge in [-0.1, -0.05) is 36.9 Å². The van der Waals surface area contributed by atoms with Gasteiger partial charge in [-0.25, -0.2) is 4.79 Å². The molecule has 0 spiro atoms. The fourth-order valence-corrected chi connectivity index (χ4v) is 1.24. The molecule has 0 atom stereocenters. The molecule has 1 aromatic rings. The van der Waals surface area contributed by atoms with Gasteiger partial charge in [0.05, 0.1) is 0 Å². The van der Waals surface area contributed by atoms with Crippen LogP contribution in [-0.2, 0) is 4.74 Å². The summed E-state index contributed by atoms with van der Waals surface area (Å²) in [6, 6.07) is 9.91. The van der Waals surface area contributed by atoms with Crippen molar-refractivity contribution >= 4 is 11.7 Å². The molecule has 4 nitrogen and oxygen atoms in total. The summed E-state index contributed by atoms with van der Waals surface area (Å²) in [6.07, 6.45) is -0.747. The highest BCUT2D eigenvalue weighted by molar-refractivity contribution is 5.65. The van der Waals surface area contributed by atoms with Gasteiger partial charge < -0.3 is 15.8 Å². The third kappa shape index (κ3) is 4.61. The number of benzene rings is 1. The van der Waals surface area contributed by atoms with E-state index in [0.717, 1.165) is 11.1 Å². The van der Waals surface area contributed by atoms with E-state index in [0.29, 0.717) is 13.1 Å². The van der Waals surface area contributed by atoms with Gasteiger partial charge in [0.2, 0.25) is 0 Å². The van der Waals surface area contributed by atoms with Crippen LogP contribution in [-0.4, -0.2) is 25.8 Å². The number of amides is 1. The maximum Gasteiger partial charge on any atom is 0.404 e. The Morgan fingerprint density at radius 3 is 2.69 bits per heavy atom. The van der Waals surface area contributed by atoms with E-state index in [4.69, 9.17) is 5.73 Å². The lowest BCUT2D eigenvalue weighted by Crippen LogP contribution is -2.24. The van der Waals surface area contributed by atoms with Crippen molar-refractivity contribution in [2.75, 3.05) is 19.7 Å². The number of primary amides is 1. The topological polar surface area (TPSA) is 64.3 Å². The van der Waals surface area contributed by atoms with Crippen molar-refractivity contribution < 1.29 is 9.53 Å². The van der Waals surface area contributed by atoms with E-state index >= 15 is 0 Å². The standard InChI is InChI=1S/C12H16N2O2/c1-10(11-5-3-2-4-6-11)9-14-7-8-16-12(13)15/h2-6,14H,1,7-9H2,(H2,13,15). The molecule has 86 valence electrons. The van der Waals surface area contributed by atoms with Crippen LogP contribution in [0.15, 0.2) is 36.9 Å². The Hall–Kier alpha value is -1.81. The third-order valence-corrected chi connectivity index (χ3v) is 2.04. The first-order valence-corrected chi connectivity index (χ1v) is 5.06. The minimum atomic E-state index is -0.747. The molecule has 0 unspecified atom stereocenters. The first kappa shape index (κ1) is 12.3. The van der Waals surface area contributed by atoms with E-state index < -0.39 is 6.09 Å². The summed E-state index contributed by atoms with van der Waals surface area (Å²) >= 11 is 0. The summed E-state index contributed by atoms with van der Waals surface area (Å²) in [5.74, 6) is 0. The zero-order valence-electron chi connectivity index (χ0n) is 9.11. The number of carbonyl (C=O) groups is 1. The fraction of sp³-hybridized carbons (Fsp3) is 0.250. The van der Waals surface area contributed by atoms with Gasteiger partial charge in [0.1, 0.15) is 6.61 Å². The van der Waals surface area contributed by atoms with Crippen molar-refractivity contribution in [3.8, 4) is 0 Å². The second kappa shape index (κ2) is 6.63. The number of rotatable bonds is 6. The molecule has 0 saturated carbocycles. The molecule has 0 aliphatic rings. The molecule has 0 aliphatic carbocycles. The molecule has 0 heterocycles. The molecule has 0 saturated heterocycles. The fourth-order valence-electron chi connectivity index (χ4n) is 1.24. The smallest absolute Gasteiger partial charge is 0.404 e. The van der Waals surface area contributed by atoms with Crippen LogP contribution in [0.2, 0.25) is 0 Å². The molecule has 0 aliphatic heterocycles. The molecule has 1 aromatic carbocycles. The largest absolute Gasteiger partial charge is 0.448 e. The van der Waals surface area contributed by atoms with Gasteiger partial charge >= 0.3 is 6.09 Å². The van der Waals surface area contributed by atoms with Crippen LogP contribution in [0, 0.1) is 0 Å². The number of nitrogens with two attached hydrogens (primary N) is 1. The summed E-state index contributed by atoms with van der Waals surface area (Å²) in [7, 11) is 0. The zero-order valence-corrected chi connectivity index (χ0v) is 9.11. The van der Waals surface area contributed by atoms with Gasteiger partial charge in [-0.15, -0.1) is 0 Å². The second-order valence-electron chi connectivity index (χ2n) is 3.31. The lowest BCUT2D eigenvalue weighted by Gasteiger charge is -2.07. The van der Waals surface area contributed by atoms with Crippen molar-refractivity contribution in [1.82, 2.24) is 5.32 Å². The highest BCUT2D eigenvalue weighted by atomic mass is 16.5.